The zero-order chi connectivity index (χ0) is 10.7. The summed E-state index contributed by atoms with van der Waals surface area (Å²) in [7, 11) is 0. The number of nitro benzene ring substituents is 1. The first kappa shape index (κ1) is 10.4. The molecule has 1 aromatic carbocycles. The molecule has 0 amide bonds. The van der Waals surface area contributed by atoms with E-state index < -0.39 is 17.2 Å². The molecule has 0 bridgehead atoms. The number of benzene rings is 1. The number of rotatable bonds is 3. The van der Waals surface area contributed by atoms with Gasteiger partial charge in [-0.1, -0.05) is 12.1 Å². The summed E-state index contributed by atoms with van der Waals surface area (Å²) < 4.78 is 27.9. The minimum Gasteiger partial charge on any atom is -0.427 e. The van der Waals surface area contributed by atoms with E-state index in [9.17, 15) is 18.9 Å². The van der Waals surface area contributed by atoms with Crippen LogP contribution in [0.25, 0.3) is 0 Å². The van der Waals surface area contributed by atoms with Crippen LogP contribution in [0.1, 0.15) is 5.56 Å². The summed E-state index contributed by atoms with van der Waals surface area (Å²) in [5.41, 5.74) is -0.148. The molecule has 0 heterocycles. The van der Waals surface area contributed by atoms with Gasteiger partial charge in [0, 0.05) is 6.07 Å². The topological polar surface area (TPSA) is 52.4 Å². The molecule has 0 N–H and O–H groups in total. The van der Waals surface area contributed by atoms with Gasteiger partial charge < -0.3 is 4.74 Å². The third kappa shape index (κ3) is 2.15. The Morgan fingerprint density at radius 1 is 1.50 bits per heavy atom. The number of nitrogens with zero attached hydrogens (tertiary/aromatic N) is 1. The quantitative estimate of drug-likeness (QED) is 0.560. The van der Waals surface area contributed by atoms with Crippen LogP contribution < -0.4 is 4.74 Å². The SMILES string of the molecule is Cc1cccc([N+](=O)[O-])c1OC(F)F. The van der Waals surface area contributed by atoms with E-state index in [1.165, 1.54) is 19.1 Å². The van der Waals surface area contributed by atoms with Crippen LogP contribution in [0.5, 0.6) is 5.75 Å². The van der Waals surface area contributed by atoms with Gasteiger partial charge in [-0.05, 0) is 12.5 Å². The van der Waals surface area contributed by atoms with Crippen molar-refractivity contribution in [1.29, 1.82) is 0 Å². The third-order valence-corrected chi connectivity index (χ3v) is 1.59. The van der Waals surface area contributed by atoms with E-state index in [1.807, 2.05) is 0 Å². The first-order valence-corrected chi connectivity index (χ1v) is 3.71. The number of halogens is 2. The molecule has 6 heteroatoms. The predicted octanol–water partition coefficient (Wildman–Crippen LogP) is 2.50. The van der Waals surface area contributed by atoms with Crippen molar-refractivity contribution in [2.24, 2.45) is 0 Å². The molecule has 4 nitrogen and oxygen atoms in total. The lowest BCUT2D eigenvalue weighted by atomic mass is 10.2. The maximum absolute atomic E-state index is 11.9. The fraction of sp³-hybridized carbons (Fsp3) is 0.250. The van der Waals surface area contributed by atoms with Crippen molar-refractivity contribution >= 4 is 5.69 Å². The molecule has 0 fully saturated rings. The smallest absolute Gasteiger partial charge is 0.387 e. The number of alkyl halides is 2. The number of ether oxygens (including phenoxy) is 1. The Morgan fingerprint density at radius 3 is 2.64 bits per heavy atom. The Balaban J connectivity index is 3.15. The Kier molecular flexibility index (Phi) is 2.95. The Labute approximate surface area is 78.3 Å². The number of hydrogen-bond acceptors (Lipinski definition) is 3. The van der Waals surface area contributed by atoms with Crippen LogP contribution in [-0.2, 0) is 0 Å². The number of hydrogen-bond donors (Lipinski definition) is 0. The molecule has 0 saturated heterocycles. The van der Waals surface area contributed by atoms with Crippen molar-refractivity contribution < 1.29 is 18.4 Å². The molecule has 0 aliphatic carbocycles. The number of nitro groups is 1. The summed E-state index contributed by atoms with van der Waals surface area (Å²) in [4.78, 5) is 9.68. The molecule has 1 rings (SSSR count). The van der Waals surface area contributed by atoms with Gasteiger partial charge in [0.2, 0.25) is 5.75 Å². The standard InChI is InChI=1S/C8H7F2NO3/c1-5-3-2-4-6(11(12)13)7(5)14-8(9)10/h2-4,8H,1H3. The maximum atomic E-state index is 11.9. The van der Waals surface area contributed by atoms with E-state index in [0.717, 1.165) is 6.07 Å². The van der Waals surface area contributed by atoms with E-state index in [-0.39, 0.29) is 5.75 Å². The van der Waals surface area contributed by atoms with E-state index in [2.05, 4.69) is 4.74 Å². The highest BCUT2D eigenvalue weighted by Gasteiger charge is 2.19. The van der Waals surface area contributed by atoms with E-state index in [4.69, 9.17) is 0 Å². The minimum atomic E-state index is -3.06. The molecule has 0 radical (unpaired) electrons. The van der Waals surface area contributed by atoms with Gasteiger partial charge in [-0.25, -0.2) is 0 Å². The summed E-state index contributed by atoms with van der Waals surface area (Å²) in [6.45, 7) is -1.60. The molecule has 14 heavy (non-hydrogen) atoms. The second-order valence-corrected chi connectivity index (χ2v) is 2.56. The van der Waals surface area contributed by atoms with Crippen LogP contribution in [0.3, 0.4) is 0 Å². The lowest BCUT2D eigenvalue weighted by Crippen LogP contribution is -2.05. The fourth-order valence-electron chi connectivity index (χ4n) is 1.02. The van der Waals surface area contributed by atoms with Crippen LogP contribution in [0.4, 0.5) is 14.5 Å². The molecule has 0 aromatic heterocycles. The summed E-state index contributed by atoms with van der Waals surface area (Å²) in [5.74, 6) is -0.382. The minimum absolute atomic E-state index is 0.305. The molecule has 0 saturated carbocycles. The largest absolute Gasteiger partial charge is 0.427 e. The molecule has 0 unspecified atom stereocenters. The number of aryl methyl sites for hydroxylation is 1. The average molecular weight is 203 g/mol. The number of para-hydroxylation sites is 1. The van der Waals surface area contributed by atoms with Crippen molar-refractivity contribution in [3.8, 4) is 5.75 Å². The van der Waals surface area contributed by atoms with Gasteiger partial charge in [0.1, 0.15) is 0 Å². The lowest BCUT2D eigenvalue weighted by molar-refractivity contribution is -0.386. The van der Waals surface area contributed by atoms with Crippen molar-refractivity contribution in [3.63, 3.8) is 0 Å². The van der Waals surface area contributed by atoms with Gasteiger partial charge in [-0.15, -0.1) is 0 Å². The first-order chi connectivity index (χ1) is 6.52. The van der Waals surface area contributed by atoms with Crippen LogP contribution in [0, 0.1) is 17.0 Å². The highest BCUT2D eigenvalue weighted by molar-refractivity contribution is 5.51. The second kappa shape index (κ2) is 3.99. The molecule has 0 aliphatic rings. The van der Waals surface area contributed by atoms with Crippen molar-refractivity contribution in [3.05, 3.63) is 33.9 Å². The fourth-order valence-corrected chi connectivity index (χ4v) is 1.02. The zero-order valence-corrected chi connectivity index (χ0v) is 7.24. The molecular formula is C8H7F2NO3. The van der Waals surface area contributed by atoms with Crippen LogP contribution in [-0.4, -0.2) is 11.5 Å². The second-order valence-electron chi connectivity index (χ2n) is 2.56. The van der Waals surface area contributed by atoms with Gasteiger partial charge in [-0.2, -0.15) is 8.78 Å². The van der Waals surface area contributed by atoms with Crippen LogP contribution in [0.2, 0.25) is 0 Å². The molecule has 0 aliphatic heterocycles. The van der Waals surface area contributed by atoms with Crippen molar-refractivity contribution in [2.45, 2.75) is 13.5 Å². The highest BCUT2D eigenvalue weighted by Crippen LogP contribution is 2.31. The maximum Gasteiger partial charge on any atom is 0.387 e. The van der Waals surface area contributed by atoms with Crippen molar-refractivity contribution in [1.82, 2.24) is 0 Å². The zero-order valence-electron chi connectivity index (χ0n) is 7.24. The molecular weight excluding hydrogens is 196 g/mol. The van der Waals surface area contributed by atoms with Crippen molar-refractivity contribution in [2.75, 3.05) is 0 Å². The normalized spacial score (nSPS) is 10.3. The summed E-state index contributed by atoms with van der Waals surface area (Å²) >= 11 is 0. The molecule has 0 atom stereocenters. The predicted molar refractivity (Wildman–Crippen MR) is 44.5 cm³/mol. The molecule has 0 spiro atoms. The van der Waals surface area contributed by atoms with Gasteiger partial charge in [-0.3, -0.25) is 10.1 Å². The average Bonchev–Trinajstić information content (AvgIpc) is 2.07. The first-order valence-electron chi connectivity index (χ1n) is 3.71. The highest BCUT2D eigenvalue weighted by atomic mass is 19.3. The monoisotopic (exact) mass is 203 g/mol. The Morgan fingerprint density at radius 2 is 2.14 bits per heavy atom. The molecule has 1 aromatic rings. The van der Waals surface area contributed by atoms with Crippen LogP contribution in [0.15, 0.2) is 18.2 Å². The summed E-state index contributed by atoms with van der Waals surface area (Å²) in [5, 5.41) is 10.4. The lowest BCUT2D eigenvalue weighted by Gasteiger charge is -2.07. The third-order valence-electron chi connectivity index (χ3n) is 1.59. The van der Waals surface area contributed by atoms with Gasteiger partial charge in [0.15, 0.2) is 0 Å². The Hall–Kier alpha value is -1.72. The summed E-state index contributed by atoms with van der Waals surface area (Å²) in [6.07, 6.45) is 0. The van der Waals surface area contributed by atoms with Gasteiger partial charge in [0.05, 0.1) is 4.92 Å². The van der Waals surface area contributed by atoms with Gasteiger partial charge >= 0.3 is 12.3 Å². The van der Waals surface area contributed by atoms with Crippen LogP contribution >= 0.6 is 0 Å². The van der Waals surface area contributed by atoms with Gasteiger partial charge in [0.25, 0.3) is 0 Å². The summed E-state index contributed by atoms with van der Waals surface area (Å²) in [6, 6.07) is 3.99. The van der Waals surface area contributed by atoms with E-state index in [0.29, 0.717) is 5.56 Å². The van der Waals surface area contributed by atoms with E-state index >= 15 is 0 Å². The van der Waals surface area contributed by atoms with E-state index in [1.54, 1.807) is 0 Å². The molecule has 76 valence electrons. The Bertz CT molecular complexity index is 354.